The lowest BCUT2D eigenvalue weighted by atomic mass is 10.0. The van der Waals surface area contributed by atoms with Gasteiger partial charge in [0.05, 0.1) is 16.6 Å². The van der Waals surface area contributed by atoms with Gasteiger partial charge in [-0.15, -0.1) is 0 Å². The second-order valence-electron chi connectivity index (χ2n) is 4.93. The molecule has 0 saturated heterocycles. The van der Waals surface area contributed by atoms with Crippen LogP contribution in [0.4, 0.5) is 0 Å². The smallest absolute Gasteiger partial charge is 0.142 e. The summed E-state index contributed by atoms with van der Waals surface area (Å²) in [5.41, 5.74) is 2.58. The van der Waals surface area contributed by atoms with Gasteiger partial charge in [-0.05, 0) is 41.1 Å². The summed E-state index contributed by atoms with van der Waals surface area (Å²) in [5, 5.41) is 12.3. The number of phenolic OH excluding ortho intramolecular Hbond substituents is 1. The molecule has 0 atom stereocenters. The van der Waals surface area contributed by atoms with E-state index in [-0.39, 0.29) is 5.75 Å². The van der Waals surface area contributed by atoms with Gasteiger partial charge >= 0.3 is 0 Å². The molecule has 0 fully saturated rings. The Balaban J connectivity index is 2.06. The van der Waals surface area contributed by atoms with Gasteiger partial charge in [0.25, 0.3) is 0 Å². The fourth-order valence-corrected chi connectivity index (χ4v) is 2.99. The first-order chi connectivity index (χ1) is 10.2. The Kier molecular flexibility index (Phi) is 2.72. The molecule has 0 amide bonds. The molecule has 0 aliphatic heterocycles. The van der Waals surface area contributed by atoms with Gasteiger partial charge in [0, 0.05) is 4.47 Å². The fraction of sp³-hybridized carbons (Fsp3) is 0. The number of halogens is 1. The third-order valence-electron chi connectivity index (χ3n) is 3.59. The normalized spacial score (nSPS) is 11.3. The number of rotatable bonds is 1. The van der Waals surface area contributed by atoms with Crippen LogP contribution in [0.3, 0.4) is 0 Å². The Morgan fingerprint density at radius 2 is 1.86 bits per heavy atom. The largest absolute Gasteiger partial charge is 0.507 e. The van der Waals surface area contributed by atoms with E-state index in [1.807, 2.05) is 48.5 Å². The number of para-hydroxylation sites is 2. The summed E-state index contributed by atoms with van der Waals surface area (Å²) in [6.45, 7) is 0. The first kappa shape index (κ1) is 12.4. The van der Waals surface area contributed by atoms with Gasteiger partial charge in [-0.3, -0.25) is 0 Å². The standard InChI is InChI=1S/C17H11BrN2O/c18-11-6-7-12-10(9-11)5-8-15(21)16(12)17-19-13-3-1-2-4-14(13)20-17/h1-9,21H,(H,19,20). The summed E-state index contributed by atoms with van der Waals surface area (Å²) in [4.78, 5) is 7.87. The zero-order valence-corrected chi connectivity index (χ0v) is 12.6. The van der Waals surface area contributed by atoms with Gasteiger partial charge in [0.2, 0.25) is 0 Å². The minimum atomic E-state index is 0.226. The Morgan fingerprint density at radius 3 is 2.71 bits per heavy atom. The van der Waals surface area contributed by atoms with Crippen LogP contribution < -0.4 is 0 Å². The summed E-state index contributed by atoms with van der Waals surface area (Å²) in [5.74, 6) is 0.908. The van der Waals surface area contributed by atoms with E-state index in [9.17, 15) is 5.11 Å². The maximum Gasteiger partial charge on any atom is 0.142 e. The third kappa shape index (κ3) is 1.99. The van der Waals surface area contributed by atoms with Gasteiger partial charge in [0.1, 0.15) is 11.6 Å². The first-order valence-corrected chi connectivity index (χ1v) is 7.38. The fourth-order valence-electron chi connectivity index (χ4n) is 2.61. The predicted octanol–water partition coefficient (Wildman–Crippen LogP) is 4.85. The first-order valence-electron chi connectivity index (χ1n) is 6.59. The van der Waals surface area contributed by atoms with Gasteiger partial charge in [-0.1, -0.05) is 40.2 Å². The van der Waals surface area contributed by atoms with Crippen LogP contribution in [-0.4, -0.2) is 15.1 Å². The maximum atomic E-state index is 10.3. The van der Waals surface area contributed by atoms with Crippen LogP contribution in [0.2, 0.25) is 0 Å². The SMILES string of the molecule is Oc1ccc2cc(Br)ccc2c1-c1nc2ccccc2[nH]1. The van der Waals surface area contributed by atoms with Crippen LogP contribution in [0, 0.1) is 0 Å². The number of aromatic hydroxyl groups is 1. The van der Waals surface area contributed by atoms with Crippen molar-refractivity contribution in [3.05, 3.63) is 59.1 Å². The molecule has 102 valence electrons. The van der Waals surface area contributed by atoms with Crippen molar-refractivity contribution in [1.29, 1.82) is 0 Å². The number of hydrogen-bond acceptors (Lipinski definition) is 2. The molecule has 3 aromatic carbocycles. The van der Waals surface area contributed by atoms with Crippen LogP contribution in [0.15, 0.2) is 59.1 Å². The molecule has 0 saturated carbocycles. The summed E-state index contributed by atoms with van der Waals surface area (Å²) in [7, 11) is 0. The van der Waals surface area contributed by atoms with Crippen molar-refractivity contribution in [3.8, 4) is 17.1 Å². The molecule has 0 spiro atoms. The van der Waals surface area contributed by atoms with Gasteiger partial charge < -0.3 is 10.1 Å². The molecular formula is C17H11BrN2O. The molecule has 0 aliphatic rings. The number of hydrogen-bond donors (Lipinski definition) is 2. The lowest BCUT2D eigenvalue weighted by Crippen LogP contribution is -1.85. The van der Waals surface area contributed by atoms with E-state index in [1.54, 1.807) is 6.07 Å². The Morgan fingerprint density at radius 1 is 1.00 bits per heavy atom. The zero-order valence-electron chi connectivity index (χ0n) is 11.0. The number of phenols is 1. The number of fused-ring (bicyclic) bond motifs is 2. The predicted molar refractivity (Wildman–Crippen MR) is 88.4 cm³/mol. The van der Waals surface area contributed by atoms with Crippen LogP contribution >= 0.6 is 15.9 Å². The van der Waals surface area contributed by atoms with E-state index in [4.69, 9.17) is 0 Å². The monoisotopic (exact) mass is 338 g/mol. The lowest BCUT2D eigenvalue weighted by Gasteiger charge is -2.07. The molecule has 21 heavy (non-hydrogen) atoms. The van der Waals surface area contributed by atoms with Crippen molar-refractivity contribution in [2.24, 2.45) is 0 Å². The number of imidazole rings is 1. The van der Waals surface area contributed by atoms with Gasteiger partial charge in [0.15, 0.2) is 0 Å². The number of benzene rings is 3. The number of aromatic nitrogens is 2. The van der Waals surface area contributed by atoms with E-state index < -0.39 is 0 Å². The van der Waals surface area contributed by atoms with Crippen molar-refractivity contribution < 1.29 is 5.11 Å². The third-order valence-corrected chi connectivity index (χ3v) is 4.08. The topological polar surface area (TPSA) is 48.9 Å². The molecule has 4 rings (SSSR count). The average molecular weight is 339 g/mol. The molecule has 0 radical (unpaired) electrons. The highest BCUT2D eigenvalue weighted by Crippen LogP contribution is 2.36. The van der Waals surface area contributed by atoms with E-state index >= 15 is 0 Å². The Hall–Kier alpha value is -2.33. The molecule has 3 nitrogen and oxygen atoms in total. The van der Waals surface area contributed by atoms with Crippen molar-refractivity contribution in [1.82, 2.24) is 9.97 Å². The molecule has 1 aromatic heterocycles. The minimum Gasteiger partial charge on any atom is -0.507 e. The minimum absolute atomic E-state index is 0.226. The molecule has 1 heterocycles. The summed E-state index contributed by atoms with van der Waals surface area (Å²) >= 11 is 3.47. The molecule has 0 unspecified atom stereocenters. The average Bonchev–Trinajstić information content (AvgIpc) is 2.90. The quantitative estimate of drug-likeness (QED) is 0.521. The maximum absolute atomic E-state index is 10.3. The van der Waals surface area contributed by atoms with Crippen LogP contribution in [0.5, 0.6) is 5.75 Å². The van der Waals surface area contributed by atoms with Crippen molar-refractivity contribution in [2.75, 3.05) is 0 Å². The van der Waals surface area contributed by atoms with Crippen LogP contribution in [-0.2, 0) is 0 Å². The second-order valence-corrected chi connectivity index (χ2v) is 5.84. The van der Waals surface area contributed by atoms with E-state index in [0.717, 1.165) is 31.8 Å². The highest BCUT2D eigenvalue weighted by atomic mass is 79.9. The van der Waals surface area contributed by atoms with E-state index in [1.165, 1.54) is 0 Å². The van der Waals surface area contributed by atoms with Crippen molar-refractivity contribution >= 4 is 37.7 Å². The second kappa shape index (κ2) is 4.60. The number of H-pyrrole nitrogens is 1. The number of nitrogens with one attached hydrogen (secondary N) is 1. The van der Waals surface area contributed by atoms with E-state index in [0.29, 0.717) is 5.82 Å². The molecular weight excluding hydrogens is 328 g/mol. The molecule has 0 bridgehead atoms. The van der Waals surface area contributed by atoms with Crippen LogP contribution in [0.1, 0.15) is 0 Å². The highest BCUT2D eigenvalue weighted by molar-refractivity contribution is 9.10. The van der Waals surface area contributed by atoms with Gasteiger partial charge in [-0.2, -0.15) is 0 Å². The lowest BCUT2D eigenvalue weighted by molar-refractivity contribution is 0.477. The molecule has 0 aliphatic carbocycles. The van der Waals surface area contributed by atoms with E-state index in [2.05, 4.69) is 25.9 Å². The summed E-state index contributed by atoms with van der Waals surface area (Å²) in [6, 6.07) is 17.4. The molecule has 4 heteroatoms. The van der Waals surface area contributed by atoms with Crippen molar-refractivity contribution in [2.45, 2.75) is 0 Å². The molecule has 2 N–H and O–H groups in total. The molecule has 4 aromatic rings. The number of nitrogens with zero attached hydrogens (tertiary/aromatic N) is 1. The highest BCUT2D eigenvalue weighted by Gasteiger charge is 2.13. The zero-order chi connectivity index (χ0) is 14.4. The number of aromatic amines is 1. The van der Waals surface area contributed by atoms with Gasteiger partial charge in [-0.25, -0.2) is 4.98 Å². The Labute approximate surface area is 129 Å². The van der Waals surface area contributed by atoms with Crippen LogP contribution in [0.25, 0.3) is 33.2 Å². The Bertz CT molecular complexity index is 942. The van der Waals surface area contributed by atoms with Crippen molar-refractivity contribution in [3.63, 3.8) is 0 Å². The summed E-state index contributed by atoms with van der Waals surface area (Å²) in [6.07, 6.45) is 0. The summed E-state index contributed by atoms with van der Waals surface area (Å²) < 4.78 is 1.01.